The van der Waals surface area contributed by atoms with Crippen molar-refractivity contribution in [3.63, 3.8) is 0 Å². The van der Waals surface area contributed by atoms with Crippen molar-refractivity contribution in [2.24, 2.45) is 0 Å². The molecular formula is C15H18F3N7O. The topological polar surface area (TPSA) is 85.3 Å². The molecule has 0 aromatic carbocycles. The Kier molecular flexibility index (Phi) is 4.19. The molecule has 2 saturated heterocycles. The first kappa shape index (κ1) is 17.0. The van der Waals surface area contributed by atoms with Crippen LogP contribution in [0.15, 0.2) is 18.5 Å². The van der Waals surface area contributed by atoms with E-state index in [1.165, 1.54) is 17.1 Å². The Balaban J connectivity index is 1.68. The number of ether oxygens (including phenoxy) is 1. The van der Waals surface area contributed by atoms with Gasteiger partial charge in [-0.1, -0.05) is 5.21 Å². The summed E-state index contributed by atoms with van der Waals surface area (Å²) in [4.78, 5) is 7.98. The molecule has 0 aliphatic carbocycles. The van der Waals surface area contributed by atoms with E-state index in [0.717, 1.165) is 19.2 Å². The standard InChI is InChI=1S/C15H18F3N7O/c16-15(17,18)12-7-11(19)13(25-2-1-20-22-25)14(21-12)24-5-3-23(4-6-24)10-8-26-9-10/h1-2,7,10H,3-6,8-9H2,(H2,19,21). The van der Waals surface area contributed by atoms with Gasteiger partial charge >= 0.3 is 6.18 Å². The van der Waals surface area contributed by atoms with Gasteiger partial charge in [0.25, 0.3) is 0 Å². The van der Waals surface area contributed by atoms with E-state index in [4.69, 9.17) is 10.5 Å². The summed E-state index contributed by atoms with van der Waals surface area (Å²) in [6.45, 7) is 3.96. The predicted molar refractivity (Wildman–Crippen MR) is 87.0 cm³/mol. The maximum absolute atomic E-state index is 13.2. The third kappa shape index (κ3) is 3.07. The molecule has 2 aliphatic rings. The largest absolute Gasteiger partial charge is 0.433 e. The van der Waals surface area contributed by atoms with E-state index in [9.17, 15) is 13.2 Å². The van der Waals surface area contributed by atoms with Crippen molar-refractivity contribution in [3.8, 4) is 5.69 Å². The molecule has 2 N–H and O–H groups in total. The molecule has 8 nitrogen and oxygen atoms in total. The van der Waals surface area contributed by atoms with Crippen LogP contribution < -0.4 is 10.6 Å². The molecule has 0 atom stereocenters. The molecule has 0 bridgehead atoms. The van der Waals surface area contributed by atoms with Gasteiger partial charge in [0.15, 0.2) is 5.82 Å². The number of nitrogens with zero attached hydrogens (tertiary/aromatic N) is 6. The van der Waals surface area contributed by atoms with Crippen LogP contribution in [0.2, 0.25) is 0 Å². The van der Waals surface area contributed by atoms with E-state index in [1.807, 2.05) is 4.90 Å². The summed E-state index contributed by atoms with van der Waals surface area (Å²) < 4.78 is 46.2. The van der Waals surface area contributed by atoms with E-state index in [-0.39, 0.29) is 11.5 Å². The second kappa shape index (κ2) is 6.40. The number of hydrogen-bond donors (Lipinski definition) is 1. The summed E-state index contributed by atoms with van der Waals surface area (Å²) in [6.07, 6.45) is -1.60. The van der Waals surface area contributed by atoms with Crippen LogP contribution in [-0.2, 0) is 10.9 Å². The summed E-state index contributed by atoms with van der Waals surface area (Å²) in [7, 11) is 0. The Morgan fingerprint density at radius 1 is 1.15 bits per heavy atom. The first-order valence-corrected chi connectivity index (χ1v) is 8.24. The lowest BCUT2D eigenvalue weighted by Gasteiger charge is -2.43. The number of alkyl halides is 3. The van der Waals surface area contributed by atoms with Crippen molar-refractivity contribution in [1.29, 1.82) is 0 Å². The number of nitrogen functional groups attached to an aromatic ring is 1. The van der Waals surface area contributed by atoms with Crippen molar-refractivity contribution in [3.05, 3.63) is 24.2 Å². The summed E-state index contributed by atoms with van der Waals surface area (Å²) in [5, 5.41) is 7.59. The van der Waals surface area contributed by atoms with E-state index < -0.39 is 11.9 Å². The molecule has 4 heterocycles. The minimum absolute atomic E-state index is 0.0392. The smallest absolute Gasteiger partial charge is 0.397 e. The lowest BCUT2D eigenvalue weighted by Crippen LogP contribution is -2.56. The zero-order valence-electron chi connectivity index (χ0n) is 13.9. The molecule has 0 spiro atoms. The van der Waals surface area contributed by atoms with Gasteiger partial charge in [0.2, 0.25) is 0 Å². The van der Waals surface area contributed by atoms with Crippen LogP contribution in [0.25, 0.3) is 5.69 Å². The van der Waals surface area contributed by atoms with Crippen LogP contribution in [0.5, 0.6) is 0 Å². The fourth-order valence-electron chi connectivity index (χ4n) is 3.20. The van der Waals surface area contributed by atoms with Gasteiger partial charge in [0, 0.05) is 26.2 Å². The van der Waals surface area contributed by atoms with Crippen LogP contribution in [0.4, 0.5) is 24.7 Å². The zero-order chi connectivity index (χ0) is 18.3. The molecule has 2 fully saturated rings. The van der Waals surface area contributed by atoms with Gasteiger partial charge in [0.1, 0.15) is 11.4 Å². The molecule has 0 amide bonds. The quantitative estimate of drug-likeness (QED) is 0.856. The first-order valence-electron chi connectivity index (χ1n) is 8.24. The van der Waals surface area contributed by atoms with Crippen molar-refractivity contribution in [1.82, 2.24) is 24.9 Å². The van der Waals surface area contributed by atoms with E-state index in [2.05, 4.69) is 20.2 Å². The molecule has 0 saturated carbocycles. The second-order valence-corrected chi connectivity index (χ2v) is 6.33. The van der Waals surface area contributed by atoms with Crippen LogP contribution in [0.3, 0.4) is 0 Å². The normalized spacial score (nSPS) is 19.6. The molecule has 11 heteroatoms. The van der Waals surface area contributed by atoms with Gasteiger partial charge in [-0.15, -0.1) is 5.10 Å². The van der Waals surface area contributed by atoms with Gasteiger partial charge in [-0.05, 0) is 6.07 Å². The molecule has 2 aliphatic heterocycles. The van der Waals surface area contributed by atoms with Gasteiger partial charge in [-0.2, -0.15) is 13.2 Å². The average Bonchev–Trinajstić information content (AvgIpc) is 3.06. The highest BCUT2D eigenvalue weighted by Gasteiger charge is 2.36. The summed E-state index contributed by atoms with van der Waals surface area (Å²) >= 11 is 0. The van der Waals surface area contributed by atoms with Crippen molar-refractivity contribution >= 4 is 11.5 Å². The highest BCUT2D eigenvalue weighted by molar-refractivity contribution is 5.72. The Morgan fingerprint density at radius 2 is 1.88 bits per heavy atom. The highest BCUT2D eigenvalue weighted by atomic mass is 19.4. The number of aromatic nitrogens is 4. The Morgan fingerprint density at radius 3 is 2.42 bits per heavy atom. The molecule has 0 unspecified atom stereocenters. The molecular weight excluding hydrogens is 351 g/mol. The molecule has 140 valence electrons. The molecule has 2 aromatic rings. The second-order valence-electron chi connectivity index (χ2n) is 6.33. The maximum Gasteiger partial charge on any atom is 0.433 e. The Labute approximate surface area is 147 Å². The number of pyridine rings is 1. The van der Waals surface area contributed by atoms with Crippen LogP contribution in [0.1, 0.15) is 5.69 Å². The zero-order valence-corrected chi connectivity index (χ0v) is 13.9. The van der Waals surface area contributed by atoms with Crippen molar-refractivity contribution in [2.45, 2.75) is 12.2 Å². The van der Waals surface area contributed by atoms with E-state index >= 15 is 0 Å². The monoisotopic (exact) mass is 369 g/mol. The molecule has 4 rings (SSSR count). The maximum atomic E-state index is 13.2. The summed E-state index contributed by atoms with van der Waals surface area (Å²) in [5.74, 6) is 0.173. The fourth-order valence-corrected chi connectivity index (χ4v) is 3.20. The van der Waals surface area contributed by atoms with Crippen molar-refractivity contribution in [2.75, 3.05) is 50.0 Å². The molecule has 2 aromatic heterocycles. The first-order chi connectivity index (χ1) is 12.4. The third-order valence-corrected chi connectivity index (χ3v) is 4.70. The predicted octanol–water partition coefficient (Wildman–Crippen LogP) is 0.784. The number of hydrogen-bond acceptors (Lipinski definition) is 7. The van der Waals surface area contributed by atoms with Crippen LogP contribution >= 0.6 is 0 Å². The Bertz CT molecular complexity index is 768. The minimum atomic E-state index is -4.57. The highest BCUT2D eigenvalue weighted by Crippen LogP contribution is 2.35. The minimum Gasteiger partial charge on any atom is -0.397 e. The number of piperazine rings is 1. The van der Waals surface area contributed by atoms with Crippen molar-refractivity contribution < 1.29 is 17.9 Å². The van der Waals surface area contributed by atoms with Gasteiger partial charge < -0.3 is 15.4 Å². The average molecular weight is 369 g/mol. The Hall–Kier alpha value is -2.40. The SMILES string of the molecule is Nc1cc(C(F)(F)F)nc(N2CCN(C3COC3)CC2)c1-n1ccnn1. The number of rotatable bonds is 3. The third-order valence-electron chi connectivity index (χ3n) is 4.70. The van der Waals surface area contributed by atoms with E-state index in [1.54, 1.807) is 0 Å². The lowest BCUT2D eigenvalue weighted by molar-refractivity contribution is -0.141. The molecule has 0 radical (unpaired) electrons. The number of halogens is 3. The summed E-state index contributed by atoms with van der Waals surface area (Å²) in [6, 6.07) is 1.23. The summed E-state index contributed by atoms with van der Waals surface area (Å²) in [5.41, 5.74) is 5.21. The van der Waals surface area contributed by atoms with Gasteiger partial charge in [0.05, 0.1) is 37.3 Å². The van der Waals surface area contributed by atoms with Gasteiger partial charge in [-0.25, -0.2) is 9.67 Å². The number of nitrogens with two attached hydrogens (primary N) is 1. The van der Waals surface area contributed by atoms with Crippen LogP contribution in [0, 0.1) is 0 Å². The van der Waals surface area contributed by atoms with E-state index in [0.29, 0.717) is 38.0 Å². The van der Waals surface area contributed by atoms with Gasteiger partial charge in [-0.3, -0.25) is 4.90 Å². The fraction of sp³-hybridized carbons (Fsp3) is 0.533. The molecule has 26 heavy (non-hydrogen) atoms. The lowest BCUT2D eigenvalue weighted by atomic mass is 10.1. The van der Waals surface area contributed by atoms with Crippen LogP contribution in [-0.4, -0.2) is 70.3 Å². The number of anilines is 2.